The van der Waals surface area contributed by atoms with Crippen LogP contribution in [0.3, 0.4) is 0 Å². The fourth-order valence-electron chi connectivity index (χ4n) is 3.66. The molecule has 0 aromatic heterocycles. The van der Waals surface area contributed by atoms with Gasteiger partial charge >= 0.3 is 0 Å². The minimum absolute atomic E-state index is 0.0835. The lowest BCUT2D eigenvalue weighted by Crippen LogP contribution is -2.42. The first-order valence-electron chi connectivity index (χ1n) is 9.87. The van der Waals surface area contributed by atoms with E-state index in [-0.39, 0.29) is 24.7 Å². The highest BCUT2D eigenvalue weighted by Gasteiger charge is 2.45. The number of benzene rings is 2. The predicted octanol–water partition coefficient (Wildman–Crippen LogP) is 4.35. The average molecular weight is 436 g/mol. The molecule has 0 amide bonds. The highest BCUT2D eigenvalue weighted by Crippen LogP contribution is 2.46. The molecule has 156 valence electrons. The number of carbonyl (C=O) groups is 1. The molecule has 2 aromatic rings. The van der Waals surface area contributed by atoms with Crippen molar-refractivity contribution in [3.8, 4) is 5.75 Å². The van der Waals surface area contributed by atoms with E-state index in [0.717, 1.165) is 24.8 Å². The molecule has 1 saturated carbocycles. The Bertz CT molecular complexity index is 953. The van der Waals surface area contributed by atoms with Crippen LogP contribution in [0.25, 0.3) is 0 Å². The standard InChI is InChI=1S/C22H26ClNO4S/c1-2-15-29(26,27)24-13-14-28-20-6-3-5-17(16-20)21(25)22(11-4-12-22)18-7-9-19(23)10-8-18/h3,5-10,16,24H,2,4,11-15H2,1H3. The summed E-state index contributed by atoms with van der Waals surface area (Å²) >= 11 is 6.00. The molecule has 1 aliphatic rings. The number of sulfonamides is 1. The summed E-state index contributed by atoms with van der Waals surface area (Å²) in [4.78, 5) is 13.3. The molecule has 0 radical (unpaired) electrons. The van der Waals surface area contributed by atoms with Crippen LogP contribution in [0, 0.1) is 0 Å². The number of rotatable bonds is 10. The second-order valence-corrected chi connectivity index (χ2v) is 9.72. The number of ether oxygens (including phenoxy) is 1. The van der Waals surface area contributed by atoms with Crippen molar-refractivity contribution in [1.82, 2.24) is 4.72 Å². The van der Waals surface area contributed by atoms with Crippen molar-refractivity contribution in [2.75, 3.05) is 18.9 Å². The fourth-order valence-corrected chi connectivity index (χ4v) is 4.86. The second kappa shape index (κ2) is 9.28. The molecule has 0 bridgehead atoms. The Morgan fingerprint density at radius 3 is 2.52 bits per heavy atom. The van der Waals surface area contributed by atoms with Crippen LogP contribution in [0.4, 0.5) is 0 Å². The van der Waals surface area contributed by atoms with Gasteiger partial charge in [-0.15, -0.1) is 0 Å². The largest absolute Gasteiger partial charge is 0.492 e. The van der Waals surface area contributed by atoms with Crippen LogP contribution in [-0.4, -0.2) is 33.1 Å². The van der Waals surface area contributed by atoms with Crippen LogP contribution >= 0.6 is 11.6 Å². The zero-order valence-corrected chi connectivity index (χ0v) is 18.1. The van der Waals surface area contributed by atoms with Gasteiger partial charge in [-0.1, -0.05) is 49.2 Å². The lowest BCUT2D eigenvalue weighted by Gasteiger charge is -2.41. The highest BCUT2D eigenvalue weighted by atomic mass is 35.5. The Kier molecular flexibility index (Phi) is 6.98. The third-order valence-electron chi connectivity index (χ3n) is 5.30. The Labute approximate surface area is 177 Å². The highest BCUT2D eigenvalue weighted by molar-refractivity contribution is 7.89. The minimum atomic E-state index is -3.25. The van der Waals surface area contributed by atoms with Crippen molar-refractivity contribution in [2.24, 2.45) is 0 Å². The van der Waals surface area contributed by atoms with Gasteiger partial charge in [-0.3, -0.25) is 4.79 Å². The second-order valence-electron chi connectivity index (χ2n) is 7.36. The molecule has 0 heterocycles. The van der Waals surface area contributed by atoms with Gasteiger partial charge in [-0.25, -0.2) is 13.1 Å². The predicted molar refractivity (Wildman–Crippen MR) is 115 cm³/mol. The summed E-state index contributed by atoms with van der Waals surface area (Å²) in [7, 11) is -3.25. The first kappa shape index (κ1) is 21.8. The number of hydrogen-bond donors (Lipinski definition) is 1. The lowest BCUT2D eigenvalue weighted by atomic mass is 9.61. The molecule has 0 unspecified atom stereocenters. The van der Waals surface area contributed by atoms with E-state index in [0.29, 0.717) is 22.8 Å². The maximum Gasteiger partial charge on any atom is 0.211 e. The van der Waals surface area contributed by atoms with Gasteiger partial charge in [0, 0.05) is 17.1 Å². The van der Waals surface area contributed by atoms with E-state index in [1.807, 2.05) is 31.2 Å². The monoisotopic (exact) mass is 435 g/mol. The molecule has 2 aromatic carbocycles. The molecule has 0 spiro atoms. The molecule has 0 saturated heterocycles. The van der Waals surface area contributed by atoms with Gasteiger partial charge in [0.15, 0.2) is 5.78 Å². The Balaban J connectivity index is 1.67. The molecular formula is C22H26ClNO4S. The summed E-state index contributed by atoms with van der Waals surface area (Å²) in [5.41, 5.74) is 1.09. The maximum atomic E-state index is 13.3. The van der Waals surface area contributed by atoms with Gasteiger partial charge < -0.3 is 4.74 Å². The number of nitrogens with one attached hydrogen (secondary N) is 1. The summed E-state index contributed by atoms with van der Waals surface area (Å²) in [6.07, 6.45) is 3.22. The van der Waals surface area contributed by atoms with Gasteiger partial charge in [-0.05, 0) is 49.1 Å². The molecule has 29 heavy (non-hydrogen) atoms. The Hall–Kier alpha value is -1.89. The van der Waals surface area contributed by atoms with Gasteiger partial charge in [0.05, 0.1) is 11.2 Å². The number of carbonyl (C=O) groups excluding carboxylic acids is 1. The zero-order chi connectivity index (χ0) is 20.9. The van der Waals surface area contributed by atoms with Gasteiger partial charge in [0.1, 0.15) is 12.4 Å². The first-order valence-corrected chi connectivity index (χ1v) is 11.9. The van der Waals surface area contributed by atoms with Crippen LogP contribution in [-0.2, 0) is 15.4 Å². The topological polar surface area (TPSA) is 72.5 Å². The number of halogens is 1. The van der Waals surface area contributed by atoms with E-state index in [9.17, 15) is 13.2 Å². The summed E-state index contributed by atoms with van der Waals surface area (Å²) in [6, 6.07) is 14.6. The zero-order valence-electron chi connectivity index (χ0n) is 16.5. The molecular weight excluding hydrogens is 410 g/mol. The first-order chi connectivity index (χ1) is 13.9. The normalized spacial score (nSPS) is 15.5. The SMILES string of the molecule is CCCS(=O)(=O)NCCOc1cccc(C(=O)C2(c3ccc(Cl)cc3)CCC2)c1. The lowest BCUT2D eigenvalue weighted by molar-refractivity contribution is 0.0788. The Morgan fingerprint density at radius 2 is 1.90 bits per heavy atom. The van der Waals surface area contributed by atoms with Crippen molar-refractivity contribution in [3.05, 3.63) is 64.7 Å². The van der Waals surface area contributed by atoms with Gasteiger partial charge in [0.2, 0.25) is 10.0 Å². The quantitative estimate of drug-likeness (QED) is 0.444. The van der Waals surface area contributed by atoms with Crippen molar-refractivity contribution in [2.45, 2.75) is 38.0 Å². The molecule has 1 N–H and O–H groups in total. The van der Waals surface area contributed by atoms with Crippen LogP contribution in [0.2, 0.25) is 5.02 Å². The van der Waals surface area contributed by atoms with Crippen molar-refractivity contribution < 1.29 is 17.9 Å². The average Bonchev–Trinajstić information content (AvgIpc) is 2.66. The van der Waals surface area contributed by atoms with E-state index in [1.54, 1.807) is 24.3 Å². The van der Waals surface area contributed by atoms with Crippen LogP contribution in [0.1, 0.15) is 48.5 Å². The Morgan fingerprint density at radius 1 is 1.17 bits per heavy atom. The maximum absolute atomic E-state index is 13.3. The van der Waals surface area contributed by atoms with E-state index >= 15 is 0 Å². The van der Waals surface area contributed by atoms with Crippen molar-refractivity contribution in [1.29, 1.82) is 0 Å². The number of ketones is 1. The van der Waals surface area contributed by atoms with Gasteiger partial charge in [0.25, 0.3) is 0 Å². The summed E-state index contributed by atoms with van der Waals surface area (Å²) < 4.78 is 31.5. The van der Waals surface area contributed by atoms with Crippen molar-refractivity contribution >= 4 is 27.4 Å². The summed E-state index contributed by atoms with van der Waals surface area (Å²) in [5, 5.41) is 0.653. The minimum Gasteiger partial charge on any atom is -0.492 e. The van der Waals surface area contributed by atoms with Crippen LogP contribution in [0.5, 0.6) is 5.75 Å². The van der Waals surface area contributed by atoms with E-state index < -0.39 is 15.4 Å². The van der Waals surface area contributed by atoms with Crippen LogP contribution in [0.15, 0.2) is 48.5 Å². The summed E-state index contributed by atoms with van der Waals surface area (Å²) in [5.74, 6) is 0.736. The molecule has 1 fully saturated rings. The molecule has 0 atom stereocenters. The van der Waals surface area contributed by atoms with E-state index in [2.05, 4.69) is 4.72 Å². The smallest absolute Gasteiger partial charge is 0.211 e. The van der Waals surface area contributed by atoms with E-state index in [4.69, 9.17) is 16.3 Å². The molecule has 0 aliphatic heterocycles. The molecule has 5 nitrogen and oxygen atoms in total. The third-order valence-corrected chi connectivity index (χ3v) is 7.14. The van der Waals surface area contributed by atoms with Crippen LogP contribution < -0.4 is 9.46 Å². The van der Waals surface area contributed by atoms with Gasteiger partial charge in [-0.2, -0.15) is 0 Å². The van der Waals surface area contributed by atoms with Crippen molar-refractivity contribution in [3.63, 3.8) is 0 Å². The summed E-state index contributed by atoms with van der Waals surface area (Å²) in [6.45, 7) is 2.20. The molecule has 7 heteroatoms. The number of Topliss-reactive ketones (excluding diaryl/α,β-unsaturated/α-hetero) is 1. The molecule has 1 aliphatic carbocycles. The number of hydrogen-bond acceptors (Lipinski definition) is 4. The van der Waals surface area contributed by atoms with E-state index in [1.165, 1.54) is 0 Å². The molecule has 3 rings (SSSR count). The fraction of sp³-hybridized carbons (Fsp3) is 0.409. The third kappa shape index (κ3) is 5.18.